The molecule has 0 aliphatic heterocycles. The van der Waals surface area contributed by atoms with Crippen LogP contribution in [-0.4, -0.2) is 29.2 Å². The SMILES string of the molecule is C/C=C/CCCCC(=O)Oc1cnc(-c2ccc(CCCCCOCCC)cc2)nc1. The summed E-state index contributed by atoms with van der Waals surface area (Å²) in [4.78, 5) is 20.6. The fourth-order valence-electron chi connectivity index (χ4n) is 3.18. The number of rotatable bonds is 15. The normalized spacial score (nSPS) is 11.2. The Labute approximate surface area is 186 Å². The molecule has 2 aromatic rings. The smallest absolute Gasteiger partial charge is 0.311 e. The van der Waals surface area contributed by atoms with Gasteiger partial charge in [-0.3, -0.25) is 4.79 Å². The van der Waals surface area contributed by atoms with Crippen molar-refractivity contribution in [1.29, 1.82) is 0 Å². The van der Waals surface area contributed by atoms with Gasteiger partial charge in [0.25, 0.3) is 0 Å². The third kappa shape index (κ3) is 10.4. The molecule has 0 aliphatic carbocycles. The molecule has 1 heterocycles. The van der Waals surface area contributed by atoms with E-state index in [1.165, 1.54) is 18.4 Å². The summed E-state index contributed by atoms with van der Waals surface area (Å²) >= 11 is 0. The van der Waals surface area contributed by atoms with E-state index in [2.05, 4.69) is 35.1 Å². The number of esters is 1. The molecule has 0 unspecified atom stereocenters. The molecule has 0 fully saturated rings. The zero-order chi connectivity index (χ0) is 22.2. The van der Waals surface area contributed by atoms with Crippen LogP contribution in [0.1, 0.15) is 70.8 Å². The second-order valence-electron chi connectivity index (χ2n) is 7.65. The van der Waals surface area contributed by atoms with E-state index < -0.39 is 0 Å². The van der Waals surface area contributed by atoms with Gasteiger partial charge in [-0.15, -0.1) is 0 Å². The van der Waals surface area contributed by atoms with E-state index in [1.54, 1.807) is 12.4 Å². The topological polar surface area (TPSA) is 61.3 Å². The second kappa shape index (κ2) is 15.3. The van der Waals surface area contributed by atoms with Crippen molar-refractivity contribution in [3.63, 3.8) is 0 Å². The highest BCUT2D eigenvalue weighted by Crippen LogP contribution is 2.19. The van der Waals surface area contributed by atoms with Crippen LogP contribution in [0.3, 0.4) is 0 Å². The number of hydrogen-bond donors (Lipinski definition) is 0. The quantitative estimate of drug-likeness (QED) is 0.190. The molecule has 1 aromatic carbocycles. The van der Waals surface area contributed by atoms with Gasteiger partial charge in [-0.1, -0.05) is 49.8 Å². The molecule has 5 nitrogen and oxygen atoms in total. The van der Waals surface area contributed by atoms with E-state index in [-0.39, 0.29) is 5.97 Å². The van der Waals surface area contributed by atoms with Gasteiger partial charge in [0, 0.05) is 25.2 Å². The standard InChI is InChI=1S/C26H36N2O3/c1-3-5-6-7-10-13-25(29)31-24-20-27-26(28-21-24)23-16-14-22(15-17-23)12-9-8-11-19-30-18-4-2/h3,5,14-17,20-21H,4,6-13,18-19H2,1-2H3/b5-3+. The van der Waals surface area contributed by atoms with E-state index in [0.717, 1.165) is 57.3 Å². The number of allylic oxidation sites excluding steroid dienone is 2. The van der Waals surface area contributed by atoms with Crippen LogP contribution in [0.25, 0.3) is 11.4 Å². The highest BCUT2D eigenvalue weighted by molar-refractivity contribution is 5.72. The number of carbonyl (C=O) groups excluding carboxylic acids is 1. The van der Waals surface area contributed by atoms with Gasteiger partial charge in [0.15, 0.2) is 11.6 Å². The Morgan fingerprint density at radius 3 is 2.45 bits per heavy atom. The number of ether oxygens (including phenoxy) is 2. The molecule has 0 spiro atoms. The van der Waals surface area contributed by atoms with Crippen LogP contribution < -0.4 is 4.74 Å². The van der Waals surface area contributed by atoms with Crippen LogP contribution in [0, 0.1) is 0 Å². The first-order valence-electron chi connectivity index (χ1n) is 11.5. The molecule has 0 radical (unpaired) electrons. The molecule has 0 saturated carbocycles. The Morgan fingerprint density at radius 1 is 0.968 bits per heavy atom. The number of aryl methyl sites for hydroxylation is 1. The van der Waals surface area contributed by atoms with E-state index in [4.69, 9.17) is 9.47 Å². The van der Waals surface area contributed by atoms with E-state index in [1.807, 2.05) is 25.1 Å². The summed E-state index contributed by atoms with van der Waals surface area (Å²) in [5.74, 6) is 0.783. The molecule has 168 valence electrons. The van der Waals surface area contributed by atoms with Gasteiger partial charge >= 0.3 is 5.97 Å². The van der Waals surface area contributed by atoms with Crippen molar-refractivity contribution in [2.24, 2.45) is 0 Å². The van der Waals surface area contributed by atoms with Crippen molar-refractivity contribution in [2.45, 2.75) is 71.6 Å². The van der Waals surface area contributed by atoms with Gasteiger partial charge in [0.05, 0.1) is 12.4 Å². The van der Waals surface area contributed by atoms with Crippen LogP contribution in [0.15, 0.2) is 48.8 Å². The molecule has 2 rings (SSSR count). The lowest BCUT2D eigenvalue weighted by Crippen LogP contribution is -2.08. The number of nitrogens with zero attached hydrogens (tertiary/aromatic N) is 2. The summed E-state index contributed by atoms with van der Waals surface area (Å²) in [6.07, 6.45) is 16.1. The third-order valence-corrected chi connectivity index (χ3v) is 4.91. The largest absolute Gasteiger partial charge is 0.423 e. The lowest BCUT2D eigenvalue weighted by molar-refractivity contribution is -0.134. The van der Waals surface area contributed by atoms with E-state index in [0.29, 0.717) is 18.0 Å². The number of hydrogen-bond acceptors (Lipinski definition) is 5. The second-order valence-corrected chi connectivity index (χ2v) is 7.65. The maximum Gasteiger partial charge on any atom is 0.311 e. The van der Waals surface area contributed by atoms with Gasteiger partial charge in [0.1, 0.15) is 0 Å². The molecule has 1 aromatic heterocycles. The summed E-state index contributed by atoms with van der Waals surface area (Å²) in [7, 11) is 0. The van der Waals surface area contributed by atoms with Gasteiger partial charge < -0.3 is 9.47 Å². The van der Waals surface area contributed by atoms with E-state index in [9.17, 15) is 4.79 Å². The van der Waals surface area contributed by atoms with Gasteiger partial charge in [-0.25, -0.2) is 9.97 Å². The minimum absolute atomic E-state index is 0.238. The molecule has 5 heteroatoms. The monoisotopic (exact) mass is 424 g/mol. The number of aromatic nitrogens is 2. The average Bonchev–Trinajstić information content (AvgIpc) is 2.79. The van der Waals surface area contributed by atoms with Gasteiger partial charge in [-0.05, 0) is 57.4 Å². The van der Waals surface area contributed by atoms with Crippen molar-refractivity contribution < 1.29 is 14.3 Å². The van der Waals surface area contributed by atoms with Crippen molar-refractivity contribution in [3.8, 4) is 17.1 Å². The summed E-state index contributed by atoms with van der Waals surface area (Å²) in [6.45, 7) is 5.86. The molecule has 0 saturated heterocycles. The molecule has 0 amide bonds. The van der Waals surface area contributed by atoms with Crippen LogP contribution in [0.4, 0.5) is 0 Å². The van der Waals surface area contributed by atoms with Crippen molar-refractivity contribution >= 4 is 5.97 Å². The zero-order valence-corrected chi connectivity index (χ0v) is 19.0. The molecule has 0 atom stereocenters. The van der Waals surface area contributed by atoms with Gasteiger partial charge in [0.2, 0.25) is 0 Å². The Morgan fingerprint density at radius 2 is 1.74 bits per heavy atom. The maximum absolute atomic E-state index is 11.9. The first-order valence-corrected chi connectivity index (χ1v) is 11.5. The third-order valence-electron chi connectivity index (χ3n) is 4.91. The van der Waals surface area contributed by atoms with Crippen LogP contribution >= 0.6 is 0 Å². The lowest BCUT2D eigenvalue weighted by Gasteiger charge is -2.06. The van der Waals surface area contributed by atoms with Crippen LogP contribution in [0.5, 0.6) is 5.75 Å². The Bertz CT molecular complexity index is 770. The average molecular weight is 425 g/mol. The molecular weight excluding hydrogens is 388 g/mol. The number of carbonyl (C=O) groups is 1. The van der Waals surface area contributed by atoms with Crippen molar-refractivity contribution in [1.82, 2.24) is 9.97 Å². The molecular formula is C26H36N2O3. The highest BCUT2D eigenvalue weighted by atomic mass is 16.5. The first-order chi connectivity index (χ1) is 15.2. The van der Waals surface area contributed by atoms with Crippen LogP contribution in [-0.2, 0) is 16.0 Å². The minimum Gasteiger partial charge on any atom is -0.423 e. The summed E-state index contributed by atoms with van der Waals surface area (Å²) in [5, 5.41) is 0. The Kier molecular flexibility index (Phi) is 12.2. The summed E-state index contributed by atoms with van der Waals surface area (Å²) in [5.41, 5.74) is 2.27. The predicted octanol–water partition coefficient (Wildman–Crippen LogP) is 6.32. The molecule has 0 aliphatic rings. The van der Waals surface area contributed by atoms with Gasteiger partial charge in [-0.2, -0.15) is 0 Å². The summed E-state index contributed by atoms with van der Waals surface area (Å²) < 4.78 is 10.8. The van der Waals surface area contributed by atoms with Crippen molar-refractivity contribution in [3.05, 3.63) is 54.4 Å². The number of benzene rings is 1. The first kappa shape index (κ1) is 24.7. The molecule has 31 heavy (non-hydrogen) atoms. The number of unbranched alkanes of at least 4 members (excludes halogenated alkanes) is 4. The zero-order valence-electron chi connectivity index (χ0n) is 19.0. The Balaban J connectivity index is 1.72. The van der Waals surface area contributed by atoms with Crippen LogP contribution in [0.2, 0.25) is 0 Å². The highest BCUT2D eigenvalue weighted by Gasteiger charge is 2.07. The Hall–Kier alpha value is -2.53. The lowest BCUT2D eigenvalue weighted by atomic mass is 10.0. The van der Waals surface area contributed by atoms with E-state index >= 15 is 0 Å². The molecule has 0 bridgehead atoms. The fourth-order valence-corrected chi connectivity index (χ4v) is 3.18. The predicted molar refractivity (Wildman–Crippen MR) is 125 cm³/mol. The summed E-state index contributed by atoms with van der Waals surface area (Å²) in [6, 6.07) is 8.36. The maximum atomic E-state index is 11.9. The van der Waals surface area contributed by atoms with Crippen molar-refractivity contribution in [2.75, 3.05) is 13.2 Å². The fraction of sp³-hybridized carbons (Fsp3) is 0.500. The molecule has 0 N–H and O–H groups in total. The minimum atomic E-state index is -0.238.